The Morgan fingerprint density at radius 2 is 1.81 bits per heavy atom. The first-order valence-corrected chi connectivity index (χ1v) is 7.56. The van der Waals surface area contributed by atoms with Gasteiger partial charge in [0.25, 0.3) is 10.2 Å². The highest BCUT2D eigenvalue weighted by Crippen LogP contribution is 2.11. The van der Waals surface area contributed by atoms with E-state index in [2.05, 4.69) is 10.0 Å². The molecule has 0 spiro atoms. The van der Waals surface area contributed by atoms with Gasteiger partial charge in [0, 0.05) is 19.6 Å². The minimum Gasteiger partial charge on any atom is -0.317 e. The van der Waals surface area contributed by atoms with Crippen molar-refractivity contribution in [3.63, 3.8) is 0 Å². The third-order valence-electron chi connectivity index (χ3n) is 2.72. The Morgan fingerprint density at radius 3 is 2.44 bits per heavy atom. The van der Waals surface area contributed by atoms with Crippen molar-refractivity contribution >= 4 is 10.2 Å². The van der Waals surface area contributed by atoms with E-state index in [4.69, 9.17) is 0 Å². The first-order chi connectivity index (χ1) is 7.67. The summed E-state index contributed by atoms with van der Waals surface area (Å²) in [6.45, 7) is 5.69. The van der Waals surface area contributed by atoms with Crippen LogP contribution in [0.1, 0.15) is 32.6 Å². The molecular formula is C10H23N3O2S. The predicted molar refractivity (Wildman–Crippen MR) is 65.5 cm³/mol. The van der Waals surface area contributed by atoms with Crippen molar-refractivity contribution in [2.45, 2.75) is 32.6 Å². The molecule has 0 aliphatic carbocycles. The van der Waals surface area contributed by atoms with Crippen LogP contribution in [0.15, 0.2) is 0 Å². The van der Waals surface area contributed by atoms with Gasteiger partial charge in [-0.05, 0) is 32.4 Å². The molecule has 0 unspecified atom stereocenters. The van der Waals surface area contributed by atoms with E-state index in [9.17, 15) is 8.42 Å². The number of rotatable bonds is 7. The highest BCUT2D eigenvalue weighted by molar-refractivity contribution is 7.87. The molecule has 1 fully saturated rings. The molecule has 6 heteroatoms. The summed E-state index contributed by atoms with van der Waals surface area (Å²) in [5.41, 5.74) is 0. The van der Waals surface area contributed by atoms with Crippen LogP contribution in [0.5, 0.6) is 0 Å². The summed E-state index contributed by atoms with van der Waals surface area (Å²) in [7, 11) is -3.21. The molecule has 0 aromatic heterocycles. The molecule has 2 N–H and O–H groups in total. The van der Waals surface area contributed by atoms with Crippen LogP contribution in [0.3, 0.4) is 0 Å². The van der Waals surface area contributed by atoms with Crippen LogP contribution >= 0.6 is 0 Å². The van der Waals surface area contributed by atoms with Crippen molar-refractivity contribution in [2.75, 3.05) is 32.7 Å². The molecular weight excluding hydrogens is 226 g/mol. The highest BCUT2D eigenvalue weighted by atomic mass is 32.2. The molecule has 0 bridgehead atoms. The minimum absolute atomic E-state index is 0.520. The second kappa shape index (κ2) is 7.21. The first kappa shape index (κ1) is 13.9. The number of piperidine rings is 1. The smallest absolute Gasteiger partial charge is 0.279 e. The van der Waals surface area contributed by atoms with Gasteiger partial charge in [0.1, 0.15) is 0 Å². The molecule has 5 nitrogen and oxygen atoms in total. The van der Waals surface area contributed by atoms with E-state index < -0.39 is 10.2 Å². The van der Waals surface area contributed by atoms with Crippen molar-refractivity contribution in [1.29, 1.82) is 0 Å². The maximum Gasteiger partial charge on any atom is 0.279 e. The Bertz CT molecular complexity index is 274. The van der Waals surface area contributed by atoms with Gasteiger partial charge in [-0.3, -0.25) is 0 Å². The maximum absolute atomic E-state index is 11.8. The fraction of sp³-hybridized carbons (Fsp3) is 1.00. The second-order valence-corrected chi connectivity index (χ2v) is 5.82. The van der Waals surface area contributed by atoms with Gasteiger partial charge in [0.15, 0.2) is 0 Å². The molecule has 1 saturated heterocycles. The van der Waals surface area contributed by atoms with Crippen LogP contribution in [0.4, 0.5) is 0 Å². The van der Waals surface area contributed by atoms with Gasteiger partial charge in [0.05, 0.1) is 0 Å². The van der Waals surface area contributed by atoms with Gasteiger partial charge >= 0.3 is 0 Å². The number of nitrogens with zero attached hydrogens (tertiary/aromatic N) is 1. The van der Waals surface area contributed by atoms with Gasteiger partial charge < -0.3 is 5.32 Å². The van der Waals surface area contributed by atoms with E-state index in [1.54, 1.807) is 4.31 Å². The third-order valence-corrected chi connectivity index (χ3v) is 4.33. The quantitative estimate of drug-likeness (QED) is 0.638. The van der Waals surface area contributed by atoms with Crippen molar-refractivity contribution in [3.8, 4) is 0 Å². The van der Waals surface area contributed by atoms with Gasteiger partial charge in [0.2, 0.25) is 0 Å². The van der Waals surface area contributed by atoms with Crippen molar-refractivity contribution in [3.05, 3.63) is 0 Å². The van der Waals surface area contributed by atoms with Crippen molar-refractivity contribution < 1.29 is 8.42 Å². The Morgan fingerprint density at radius 1 is 1.12 bits per heavy atom. The SMILES string of the molecule is CCNCCCNS(=O)(=O)N1CCCCC1. The van der Waals surface area contributed by atoms with E-state index in [0.717, 1.165) is 38.8 Å². The maximum atomic E-state index is 11.8. The van der Waals surface area contributed by atoms with Crippen LogP contribution in [-0.4, -0.2) is 45.4 Å². The van der Waals surface area contributed by atoms with Gasteiger partial charge in [-0.25, -0.2) is 4.72 Å². The number of hydrogen-bond acceptors (Lipinski definition) is 3. The Kier molecular flexibility index (Phi) is 6.26. The number of nitrogens with one attached hydrogen (secondary N) is 2. The Labute approximate surface area is 98.8 Å². The van der Waals surface area contributed by atoms with E-state index in [1.807, 2.05) is 6.92 Å². The summed E-state index contributed by atoms with van der Waals surface area (Å²) < 4.78 is 27.8. The van der Waals surface area contributed by atoms with Crippen LogP contribution in [0.25, 0.3) is 0 Å². The fourth-order valence-corrected chi connectivity index (χ4v) is 3.11. The summed E-state index contributed by atoms with van der Waals surface area (Å²) in [5, 5.41) is 3.17. The normalized spacial score (nSPS) is 18.8. The molecule has 1 aliphatic rings. The molecule has 0 atom stereocenters. The molecule has 96 valence electrons. The molecule has 0 radical (unpaired) electrons. The van der Waals surface area contributed by atoms with E-state index in [-0.39, 0.29) is 0 Å². The molecule has 0 amide bonds. The average molecular weight is 249 g/mol. The first-order valence-electron chi connectivity index (χ1n) is 6.12. The van der Waals surface area contributed by atoms with Crippen molar-refractivity contribution in [1.82, 2.24) is 14.3 Å². The van der Waals surface area contributed by atoms with Crippen molar-refractivity contribution in [2.24, 2.45) is 0 Å². The van der Waals surface area contributed by atoms with Gasteiger partial charge in [-0.15, -0.1) is 0 Å². The van der Waals surface area contributed by atoms with Crippen LogP contribution in [-0.2, 0) is 10.2 Å². The zero-order valence-corrected chi connectivity index (χ0v) is 10.9. The molecule has 1 heterocycles. The zero-order chi connectivity index (χ0) is 11.9. The lowest BCUT2D eigenvalue weighted by molar-refractivity contribution is 0.341. The van der Waals surface area contributed by atoms with Crippen LogP contribution < -0.4 is 10.0 Å². The zero-order valence-electron chi connectivity index (χ0n) is 10.0. The fourth-order valence-electron chi connectivity index (χ4n) is 1.79. The van der Waals surface area contributed by atoms with E-state index in [1.165, 1.54) is 0 Å². The molecule has 0 aromatic rings. The lowest BCUT2D eigenvalue weighted by Gasteiger charge is -2.25. The summed E-state index contributed by atoms with van der Waals surface area (Å²) in [6.07, 6.45) is 3.95. The standard InChI is InChI=1S/C10H23N3O2S/c1-2-11-7-6-8-12-16(14,15)13-9-4-3-5-10-13/h11-12H,2-10H2,1H3. The Hall–Kier alpha value is -0.170. The second-order valence-electron chi connectivity index (χ2n) is 4.07. The molecule has 16 heavy (non-hydrogen) atoms. The van der Waals surface area contributed by atoms with E-state index in [0.29, 0.717) is 19.6 Å². The predicted octanol–water partition coefficient (Wildman–Crippen LogP) is 0.306. The molecule has 0 saturated carbocycles. The number of hydrogen-bond donors (Lipinski definition) is 2. The van der Waals surface area contributed by atoms with E-state index >= 15 is 0 Å². The Balaban J connectivity index is 2.22. The lowest BCUT2D eigenvalue weighted by atomic mass is 10.2. The lowest BCUT2D eigenvalue weighted by Crippen LogP contribution is -2.44. The van der Waals surface area contributed by atoms with Gasteiger partial charge in [-0.1, -0.05) is 13.3 Å². The largest absolute Gasteiger partial charge is 0.317 e. The summed E-state index contributed by atoms with van der Waals surface area (Å²) >= 11 is 0. The highest BCUT2D eigenvalue weighted by Gasteiger charge is 2.22. The molecule has 1 aliphatic heterocycles. The summed E-state index contributed by atoms with van der Waals surface area (Å²) in [4.78, 5) is 0. The third kappa shape index (κ3) is 4.78. The monoisotopic (exact) mass is 249 g/mol. The summed E-state index contributed by atoms with van der Waals surface area (Å²) in [5.74, 6) is 0. The minimum atomic E-state index is -3.21. The van der Waals surface area contributed by atoms with Gasteiger partial charge in [-0.2, -0.15) is 12.7 Å². The molecule has 1 rings (SSSR count). The topological polar surface area (TPSA) is 61.4 Å². The van der Waals surface area contributed by atoms with Crippen LogP contribution in [0, 0.1) is 0 Å². The molecule has 0 aromatic carbocycles. The average Bonchev–Trinajstić information content (AvgIpc) is 2.30. The summed E-state index contributed by atoms with van der Waals surface area (Å²) in [6, 6.07) is 0. The van der Waals surface area contributed by atoms with Crippen LogP contribution in [0.2, 0.25) is 0 Å².